The van der Waals surface area contributed by atoms with Gasteiger partial charge in [-0.1, -0.05) is 35.9 Å². The molecule has 2 aromatic carbocycles. The normalized spacial score (nSPS) is 10.7. The summed E-state index contributed by atoms with van der Waals surface area (Å²) in [4.78, 5) is 26.1. The molecule has 0 unspecified atom stereocenters. The number of esters is 1. The molecule has 0 atom stereocenters. The quantitative estimate of drug-likeness (QED) is 0.337. The molecular weight excluding hydrogens is 444 g/mol. The highest BCUT2D eigenvalue weighted by atomic mass is 35.5. The fraction of sp³-hybridized carbons (Fsp3) is 0.167. The number of ether oxygens (including phenoxy) is 1. The van der Waals surface area contributed by atoms with Gasteiger partial charge in [0.05, 0.1) is 18.8 Å². The number of nitrogens with zero attached hydrogens (tertiary/aromatic N) is 3. The van der Waals surface area contributed by atoms with Crippen molar-refractivity contribution in [1.29, 1.82) is 0 Å². The Balaban J connectivity index is 1.60. The maximum atomic E-state index is 12.4. The summed E-state index contributed by atoms with van der Waals surface area (Å²) >= 11 is 7.57. The first-order valence-corrected chi connectivity index (χ1v) is 11.3. The van der Waals surface area contributed by atoms with Crippen molar-refractivity contribution in [3.05, 3.63) is 82.0 Å². The standard InChI is InChI=1S/C24H21ClN4O2S/c1-3-31-24(30)20-13-27-21(16-8-10-17(25)11-9-16)29-22(20)26-12-18-14-32-23(28-18)19-7-5-4-6-15(19)2/h4-11,13-14H,3,12H2,1-2H3,(H,26,27,29). The number of thiazole rings is 1. The maximum Gasteiger partial charge on any atom is 0.343 e. The van der Waals surface area contributed by atoms with Gasteiger partial charge in [0.15, 0.2) is 5.82 Å². The first-order valence-electron chi connectivity index (χ1n) is 10.1. The van der Waals surface area contributed by atoms with E-state index in [0.29, 0.717) is 23.2 Å². The Labute approximate surface area is 195 Å². The van der Waals surface area contributed by atoms with Gasteiger partial charge in [-0.15, -0.1) is 11.3 Å². The molecule has 32 heavy (non-hydrogen) atoms. The van der Waals surface area contributed by atoms with Crippen molar-refractivity contribution in [1.82, 2.24) is 15.0 Å². The van der Waals surface area contributed by atoms with Crippen LogP contribution in [-0.4, -0.2) is 27.5 Å². The molecule has 2 heterocycles. The Kier molecular flexibility index (Phi) is 6.78. The molecule has 162 valence electrons. The largest absolute Gasteiger partial charge is 0.462 e. The first-order chi connectivity index (χ1) is 15.5. The minimum Gasteiger partial charge on any atom is -0.462 e. The SMILES string of the molecule is CCOC(=O)c1cnc(-c2ccc(Cl)cc2)nc1NCc1csc(-c2ccccc2C)n1. The number of benzene rings is 2. The van der Waals surface area contributed by atoms with Gasteiger partial charge in [0.1, 0.15) is 16.4 Å². The van der Waals surface area contributed by atoms with Gasteiger partial charge in [0.2, 0.25) is 0 Å². The summed E-state index contributed by atoms with van der Waals surface area (Å²) in [5.74, 6) is 0.404. The van der Waals surface area contributed by atoms with Crippen LogP contribution >= 0.6 is 22.9 Å². The van der Waals surface area contributed by atoms with Crippen molar-refractivity contribution in [2.24, 2.45) is 0 Å². The smallest absolute Gasteiger partial charge is 0.343 e. The van der Waals surface area contributed by atoms with Gasteiger partial charge in [0, 0.05) is 27.7 Å². The predicted molar refractivity (Wildman–Crippen MR) is 128 cm³/mol. The van der Waals surface area contributed by atoms with Crippen LogP contribution < -0.4 is 5.32 Å². The molecule has 0 aliphatic heterocycles. The van der Waals surface area contributed by atoms with E-state index < -0.39 is 5.97 Å². The summed E-state index contributed by atoms with van der Waals surface area (Å²) in [6.07, 6.45) is 1.48. The van der Waals surface area contributed by atoms with Crippen LogP contribution in [0.3, 0.4) is 0 Å². The Hall–Kier alpha value is -3.29. The molecule has 4 aromatic rings. The maximum absolute atomic E-state index is 12.4. The van der Waals surface area contributed by atoms with Crippen molar-refractivity contribution in [3.8, 4) is 22.0 Å². The number of anilines is 1. The van der Waals surface area contributed by atoms with E-state index in [1.54, 1.807) is 30.4 Å². The average Bonchev–Trinajstić information content (AvgIpc) is 3.27. The fourth-order valence-electron chi connectivity index (χ4n) is 3.11. The molecule has 4 rings (SSSR count). The molecule has 1 N–H and O–H groups in total. The van der Waals surface area contributed by atoms with Crippen LogP contribution in [0.1, 0.15) is 28.5 Å². The van der Waals surface area contributed by atoms with Gasteiger partial charge in [0.25, 0.3) is 0 Å². The van der Waals surface area contributed by atoms with Crippen LogP contribution in [0.25, 0.3) is 22.0 Å². The van der Waals surface area contributed by atoms with E-state index in [4.69, 9.17) is 21.3 Å². The van der Waals surface area contributed by atoms with Crippen molar-refractivity contribution < 1.29 is 9.53 Å². The highest BCUT2D eigenvalue weighted by molar-refractivity contribution is 7.13. The lowest BCUT2D eigenvalue weighted by atomic mass is 10.1. The zero-order valence-corrected chi connectivity index (χ0v) is 19.2. The van der Waals surface area contributed by atoms with E-state index in [2.05, 4.69) is 34.3 Å². The minimum absolute atomic E-state index is 0.267. The van der Waals surface area contributed by atoms with Gasteiger partial charge in [-0.25, -0.2) is 19.7 Å². The molecule has 0 spiro atoms. The zero-order valence-electron chi connectivity index (χ0n) is 17.6. The Morgan fingerprint density at radius 2 is 1.91 bits per heavy atom. The predicted octanol–water partition coefficient (Wildman–Crippen LogP) is 6.02. The molecule has 0 radical (unpaired) electrons. The van der Waals surface area contributed by atoms with Crippen molar-refractivity contribution >= 4 is 34.7 Å². The van der Waals surface area contributed by atoms with Crippen LogP contribution in [0.15, 0.2) is 60.1 Å². The molecule has 2 aromatic heterocycles. The highest BCUT2D eigenvalue weighted by Gasteiger charge is 2.17. The average molecular weight is 465 g/mol. The number of nitrogens with one attached hydrogen (secondary N) is 1. The summed E-state index contributed by atoms with van der Waals surface area (Å²) in [5, 5.41) is 6.82. The molecular formula is C24H21ClN4O2S. The molecule has 0 bridgehead atoms. The number of halogens is 1. The number of hydrogen-bond acceptors (Lipinski definition) is 7. The first kappa shape index (κ1) is 21.9. The molecule has 0 amide bonds. The number of rotatable bonds is 7. The summed E-state index contributed by atoms with van der Waals surface area (Å²) in [6.45, 7) is 4.50. The van der Waals surface area contributed by atoms with Crippen LogP contribution in [-0.2, 0) is 11.3 Å². The third-order valence-electron chi connectivity index (χ3n) is 4.75. The second kappa shape index (κ2) is 9.89. The Bertz CT molecular complexity index is 1240. The van der Waals surface area contributed by atoms with E-state index in [9.17, 15) is 4.79 Å². The summed E-state index contributed by atoms with van der Waals surface area (Å²) in [5.41, 5.74) is 4.22. The number of carbonyl (C=O) groups excluding carboxylic acids is 1. The van der Waals surface area contributed by atoms with Crippen LogP contribution in [0.2, 0.25) is 5.02 Å². The van der Waals surface area contributed by atoms with Crippen LogP contribution in [0.4, 0.5) is 5.82 Å². The van der Waals surface area contributed by atoms with E-state index in [1.165, 1.54) is 11.8 Å². The van der Waals surface area contributed by atoms with E-state index >= 15 is 0 Å². The van der Waals surface area contributed by atoms with Gasteiger partial charge in [-0.2, -0.15) is 0 Å². The minimum atomic E-state index is -0.475. The lowest BCUT2D eigenvalue weighted by Crippen LogP contribution is -2.13. The van der Waals surface area contributed by atoms with Crippen molar-refractivity contribution in [2.75, 3.05) is 11.9 Å². The van der Waals surface area contributed by atoms with Crippen molar-refractivity contribution in [2.45, 2.75) is 20.4 Å². The van der Waals surface area contributed by atoms with Crippen LogP contribution in [0.5, 0.6) is 0 Å². The monoisotopic (exact) mass is 464 g/mol. The fourth-order valence-corrected chi connectivity index (χ4v) is 4.15. The zero-order chi connectivity index (χ0) is 22.5. The third kappa shape index (κ3) is 4.95. The summed E-state index contributed by atoms with van der Waals surface area (Å²) in [7, 11) is 0. The van der Waals surface area contributed by atoms with Gasteiger partial charge in [-0.05, 0) is 43.7 Å². The molecule has 0 fully saturated rings. The molecule has 0 saturated heterocycles. The summed E-state index contributed by atoms with van der Waals surface area (Å²) in [6, 6.07) is 15.4. The molecule has 6 nitrogen and oxygen atoms in total. The van der Waals surface area contributed by atoms with E-state index in [1.807, 2.05) is 29.6 Å². The van der Waals surface area contributed by atoms with E-state index in [-0.39, 0.29) is 12.2 Å². The Morgan fingerprint density at radius 1 is 1.12 bits per heavy atom. The number of aryl methyl sites for hydroxylation is 1. The topological polar surface area (TPSA) is 77.0 Å². The molecule has 0 aliphatic rings. The Morgan fingerprint density at radius 3 is 2.66 bits per heavy atom. The van der Waals surface area contributed by atoms with Gasteiger partial charge in [-0.3, -0.25) is 0 Å². The lowest BCUT2D eigenvalue weighted by molar-refractivity contribution is 0.0526. The summed E-state index contributed by atoms with van der Waals surface area (Å²) < 4.78 is 5.17. The van der Waals surface area contributed by atoms with E-state index in [0.717, 1.165) is 21.8 Å². The van der Waals surface area contributed by atoms with Gasteiger partial charge < -0.3 is 10.1 Å². The van der Waals surface area contributed by atoms with Crippen molar-refractivity contribution in [3.63, 3.8) is 0 Å². The molecule has 0 aliphatic carbocycles. The molecule has 0 saturated carbocycles. The highest BCUT2D eigenvalue weighted by Crippen LogP contribution is 2.27. The second-order valence-corrected chi connectivity index (χ2v) is 8.29. The lowest BCUT2D eigenvalue weighted by Gasteiger charge is -2.11. The number of hydrogen-bond donors (Lipinski definition) is 1. The van der Waals surface area contributed by atoms with Crippen LogP contribution in [0, 0.1) is 6.92 Å². The second-order valence-electron chi connectivity index (χ2n) is 7.00. The van der Waals surface area contributed by atoms with Gasteiger partial charge >= 0.3 is 5.97 Å². The number of carbonyl (C=O) groups is 1. The third-order valence-corrected chi connectivity index (χ3v) is 5.93. The molecule has 8 heteroatoms. The number of aromatic nitrogens is 3.